The molecule has 70 valence electrons. The number of quaternary nitrogens is 1. The maximum absolute atomic E-state index is 10.8. The molecule has 0 spiro atoms. The van der Waals surface area contributed by atoms with Crippen LogP contribution in [0.1, 0.15) is 0 Å². The van der Waals surface area contributed by atoms with Gasteiger partial charge < -0.3 is 5.73 Å². The lowest BCUT2D eigenvalue weighted by Crippen LogP contribution is -2.53. The molecule has 0 aliphatic carbocycles. The summed E-state index contributed by atoms with van der Waals surface area (Å²) in [5, 5.41) is 2.64. The van der Waals surface area contributed by atoms with Crippen molar-refractivity contribution in [2.45, 2.75) is 0 Å². The zero-order valence-corrected chi connectivity index (χ0v) is 7.88. The molecule has 2 N–H and O–H groups in total. The molecule has 0 radical (unpaired) electrons. The number of nitrogens with zero attached hydrogens (tertiary/aromatic N) is 2. The molecule has 0 saturated heterocycles. The van der Waals surface area contributed by atoms with E-state index in [1.165, 1.54) is 0 Å². The Morgan fingerprint density at radius 2 is 1.75 bits per heavy atom. The number of rotatable bonds is 5. The number of carbonyl (C=O) groups is 1. The lowest BCUT2D eigenvalue weighted by Gasteiger charge is -2.20. The van der Waals surface area contributed by atoms with Crippen LogP contribution in [0, 0.1) is 4.91 Å². The Balaban J connectivity index is 4.50. The summed E-state index contributed by atoms with van der Waals surface area (Å²) in [5.41, 5.74) is 4.98. The van der Waals surface area contributed by atoms with Gasteiger partial charge in [0.1, 0.15) is 13.1 Å². The van der Waals surface area contributed by atoms with Gasteiger partial charge in [-0.05, 0) is 0 Å². The minimum absolute atomic E-state index is 0.0765. The highest BCUT2D eigenvalue weighted by Crippen LogP contribution is 2.08. The molecule has 5 nitrogen and oxygen atoms in total. The molecule has 0 bridgehead atoms. The van der Waals surface area contributed by atoms with Gasteiger partial charge in [-0.15, -0.1) is 23.2 Å². The van der Waals surface area contributed by atoms with Crippen LogP contribution >= 0.6 is 23.2 Å². The van der Waals surface area contributed by atoms with Crippen molar-refractivity contribution in [3.63, 3.8) is 0 Å². The third-order valence-electron chi connectivity index (χ3n) is 1.48. The van der Waals surface area contributed by atoms with Gasteiger partial charge >= 0.3 is 6.03 Å². The van der Waals surface area contributed by atoms with E-state index in [4.69, 9.17) is 28.9 Å². The summed E-state index contributed by atoms with van der Waals surface area (Å²) >= 11 is 10.8. The summed E-state index contributed by atoms with van der Waals surface area (Å²) in [6.45, 7) is 0.153. The van der Waals surface area contributed by atoms with Gasteiger partial charge in [0.15, 0.2) is 5.29 Å². The van der Waals surface area contributed by atoms with E-state index in [2.05, 4.69) is 5.29 Å². The van der Waals surface area contributed by atoms with Crippen molar-refractivity contribution in [2.75, 3.05) is 24.8 Å². The smallest absolute Gasteiger partial charge is 0.317 e. The first-order valence-corrected chi connectivity index (χ1v) is 4.34. The van der Waals surface area contributed by atoms with Crippen LogP contribution in [0.15, 0.2) is 5.29 Å². The van der Waals surface area contributed by atoms with Crippen molar-refractivity contribution in [2.24, 2.45) is 11.0 Å². The van der Waals surface area contributed by atoms with Crippen LogP contribution in [-0.2, 0) is 0 Å². The molecule has 0 saturated carbocycles. The summed E-state index contributed by atoms with van der Waals surface area (Å²) in [4.78, 5) is 21.2. The van der Waals surface area contributed by atoms with Crippen LogP contribution in [0.2, 0.25) is 0 Å². The van der Waals surface area contributed by atoms with E-state index in [1.807, 2.05) is 0 Å². The van der Waals surface area contributed by atoms with E-state index in [-0.39, 0.29) is 24.8 Å². The molecule has 7 heteroatoms. The van der Waals surface area contributed by atoms with Crippen molar-refractivity contribution in [3.8, 4) is 0 Å². The minimum atomic E-state index is -0.827. The molecule has 2 amide bonds. The van der Waals surface area contributed by atoms with Gasteiger partial charge in [0.25, 0.3) is 0 Å². The van der Waals surface area contributed by atoms with E-state index >= 15 is 0 Å². The molecule has 0 rings (SSSR count). The maximum Gasteiger partial charge on any atom is 0.443 e. The molecule has 0 aliphatic rings. The van der Waals surface area contributed by atoms with Crippen LogP contribution in [0.3, 0.4) is 0 Å². The molecule has 0 aromatic heterocycles. The SMILES string of the molecule is NC(=O)[N+](CCCl)(CCCl)N=O. The Morgan fingerprint density at radius 3 is 1.92 bits per heavy atom. The number of urea groups is 1. The zero-order chi connectivity index (χ0) is 9.61. The maximum atomic E-state index is 10.8. The second-order valence-electron chi connectivity index (χ2n) is 2.17. The number of alkyl halides is 2. The number of amides is 2. The average Bonchev–Trinajstić information content (AvgIpc) is 2.03. The Hall–Kier alpha value is -0.390. The summed E-state index contributed by atoms with van der Waals surface area (Å²) in [6.07, 6.45) is 0. The number of primary amides is 1. The molecule has 0 aliphatic heterocycles. The predicted molar refractivity (Wildman–Crippen MR) is 46.8 cm³/mol. The van der Waals surface area contributed by atoms with Crippen molar-refractivity contribution >= 4 is 29.2 Å². The minimum Gasteiger partial charge on any atom is -0.317 e. The van der Waals surface area contributed by atoms with E-state index in [0.29, 0.717) is 0 Å². The Labute approximate surface area is 79.9 Å². The van der Waals surface area contributed by atoms with E-state index < -0.39 is 10.6 Å². The fourth-order valence-electron chi connectivity index (χ4n) is 0.734. The molecular weight excluding hydrogens is 205 g/mol. The van der Waals surface area contributed by atoms with Crippen molar-refractivity contribution in [3.05, 3.63) is 4.91 Å². The highest BCUT2D eigenvalue weighted by molar-refractivity contribution is 6.18. The van der Waals surface area contributed by atoms with Gasteiger partial charge in [0, 0.05) is 0 Å². The van der Waals surface area contributed by atoms with E-state index in [0.717, 1.165) is 0 Å². The van der Waals surface area contributed by atoms with Gasteiger partial charge in [-0.1, -0.05) is 9.50 Å². The number of nitrogens with two attached hydrogens (primary N) is 1. The van der Waals surface area contributed by atoms with Crippen molar-refractivity contribution < 1.29 is 9.39 Å². The molecule has 0 aromatic carbocycles. The lowest BCUT2D eigenvalue weighted by atomic mass is 10.5. The Bertz CT molecular complexity index is 170. The van der Waals surface area contributed by atoms with E-state index in [1.54, 1.807) is 0 Å². The van der Waals surface area contributed by atoms with Crippen LogP contribution in [0.5, 0.6) is 0 Å². The summed E-state index contributed by atoms with van der Waals surface area (Å²) in [6, 6.07) is -0.827. The largest absolute Gasteiger partial charge is 0.443 e. The highest BCUT2D eigenvalue weighted by Gasteiger charge is 2.36. The number of hydrogen-bond acceptors (Lipinski definition) is 3. The molecule has 0 atom stereocenters. The Morgan fingerprint density at radius 1 is 1.33 bits per heavy atom. The molecule has 0 aromatic rings. The van der Waals surface area contributed by atoms with Gasteiger partial charge in [0.2, 0.25) is 0 Å². The first kappa shape index (κ1) is 11.6. The van der Waals surface area contributed by atoms with Crippen LogP contribution in [0.25, 0.3) is 0 Å². The average molecular weight is 215 g/mol. The van der Waals surface area contributed by atoms with Crippen LogP contribution in [-0.4, -0.2) is 35.5 Å². The molecule has 12 heavy (non-hydrogen) atoms. The van der Waals surface area contributed by atoms with Gasteiger partial charge in [0.05, 0.1) is 11.8 Å². The fourth-order valence-corrected chi connectivity index (χ4v) is 1.29. The third-order valence-corrected chi connectivity index (χ3v) is 1.81. The molecular formula is C5H10Cl2N3O2+. The normalized spacial score (nSPS) is 11.2. The first-order chi connectivity index (χ1) is 5.63. The van der Waals surface area contributed by atoms with Crippen LogP contribution in [0.4, 0.5) is 4.79 Å². The number of nitroso groups, excluding NO2 is 1. The monoisotopic (exact) mass is 214 g/mol. The number of carbonyl (C=O) groups excluding carboxylic acids is 1. The topological polar surface area (TPSA) is 72.5 Å². The summed E-state index contributed by atoms with van der Waals surface area (Å²) < 4.78 is -0.743. The highest BCUT2D eigenvalue weighted by atomic mass is 35.5. The zero-order valence-electron chi connectivity index (χ0n) is 6.37. The molecule has 0 heterocycles. The molecule has 0 fully saturated rings. The van der Waals surface area contributed by atoms with E-state index in [9.17, 15) is 9.70 Å². The molecule has 0 unspecified atom stereocenters. The Kier molecular flexibility index (Phi) is 5.12. The first-order valence-electron chi connectivity index (χ1n) is 3.27. The van der Waals surface area contributed by atoms with Gasteiger partial charge in [-0.3, -0.25) is 0 Å². The van der Waals surface area contributed by atoms with Crippen LogP contribution < -0.4 is 5.73 Å². The quantitative estimate of drug-likeness (QED) is 0.322. The number of halogens is 2. The fraction of sp³-hybridized carbons (Fsp3) is 0.800. The van der Waals surface area contributed by atoms with Crippen molar-refractivity contribution in [1.82, 2.24) is 0 Å². The van der Waals surface area contributed by atoms with Crippen molar-refractivity contribution in [1.29, 1.82) is 0 Å². The lowest BCUT2D eigenvalue weighted by molar-refractivity contribution is -0.853. The number of hydrogen-bond donors (Lipinski definition) is 1. The third kappa shape index (κ3) is 2.58. The van der Waals surface area contributed by atoms with Gasteiger partial charge in [-0.25, -0.2) is 4.79 Å². The summed E-state index contributed by atoms with van der Waals surface area (Å²) in [7, 11) is 0. The second kappa shape index (κ2) is 5.29. The second-order valence-corrected chi connectivity index (χ2v) is 2.92. The van der Waals surface area contributed by atoms with Gasteiger partial charge in [-0.2, -0.15) is 0 Å². The standard InChI is InChI=1S/C5H9Cl2N3O2/c6-1-3-10(9-12,4-2-7)5(8)11/h1-4H2,(H-,8,11)/p+1. The summed E-state index contributed by atoms with van der Waals surface area (Å²) in [5.74, 6) is 0.261. The predicted octanol–water partition coefficient (Wildman–Crippen LogP) is 1.04.